The summed E-state index contributed by atoms with van der Waals surface area (Å²) in [7, 11) is 0. The standard InChI is InChI=1S/C13H22N2O3/c1-5-7-15(13(2,3)4)12(18)14-8-6-10(9-14)11(16)17/h5,10H,1,6-9H2,2-4H3,(H,16,17). The van der Waals surface area contributed by atoms with Gasteiger partial charge in [0.15, 0.2) is 0 Å². The zero-order chi connectivity index (χ0) is 13.9. The van der Waals surface area contributed by atoms with Crippen molar-refractivity contribution in [2.45, 2.75) is 32.7 Å². The Morgan fingerprint density at radius 1 is 1.50 bits per heavy atom. The van der Waals surface area contributed by atoms with Crippen LogP contribution in [-0.2, 0) is 4.79 Å². The molecule has 102 valence electrons. The molecular weight excluding hydrogens is 232 g/mol. The number of aliphatic carboxylic acids is 1. The van der Waals surface area contributed by atoms with Crippen LogP contribution < -0.4 is 0 Å². The van der Waals surface area contributed by atoms with E-state index >= 15 is 0 Å². The highest BCUT2D eigenvalue weighted by molar-refractivity contribution is 5.78. The molecule has 0 aliphatic carbocycles. The van der Waals surface area contributed by atoms with E-state index in [9.17, 15) is 9.59 Å². The van der Waals surface area contributed by atoms with Crippen LogP contribution in [0.5, 0.6) is 0 Å². The molecule has 0 radical (unpaired) electrons. The summed E-state index contributed by atoms with van der Waals surface area (Å²) in [5.41, 5.74) is -0.299. The number of carboxylic acid groups (broad SMARTS) is 1. The lowest BCUT2D eigenvalue weighted by atomic mass is 10.1. The summed E-state index contributed by atoms with van der Waals surface area (Å²) in [6.45, 7) is 10.8. The zero-order valence-corrected chi connectivity index (χ0v) is 11.3. The molecule has 0 saturated carbocycles. The fourth-order valence-electron chi connectivity index (χ4n) is 2.07. The number of carboxylic acids is 1. The summed E-state index contributed by atoms with van der Waals surface area (Å²) >= 11 is 0. The van der Waals surface area contributed by atoms with Crippen LogP contribution in [0.3, 0.4) is 0 Å². The molecule has 1 unspecified atom stereocenters. The number of rotatable bonds is 3. The Balaban J connectivity index is 2.74. The van der Waals surface area contributed by atoms with Gasteiger partial charge in [0.1, 0.15) is 0 Å². The monoisotopic (exact) mass is 254 g/mol. The lowest BCUT2D eigenvalue weighted by molar-refractivity contribution is -0.141. The Labute approximate surface area is 108 Å². The molecule has 0 aromatic rings. The minimum atomic E-state index is -0.823. The first-order valence-electron chi connectivity index (χ1n) is 6.17. The number of nitrogens with zero attached hydrogens (tertiary/aromatic N) is 2. The first kappa shape index (κ1) is 14.5. The van der Waals surface area contributed by atoms with Gasteiger partial charge in [-0.25, -0.2) is 4.79 Å². The van der Waals surface area contributed by atoms with E-state index in [1.807, 2.05) is 20.8 Å². The predicted octanol–water partition coefficient (Wildman–Crippen LogP) is 1.80. The second-order valence-electron chi connectivity index (χ2n) is 5.62. The van der Waals surface area contributed by atoms with E-state index in [1.54, 1.807) is 15.9 Å². The van der Waals surface area contributed by atoms with E-state index in [0.29, 0.717) is 26.1 Å². The van der Waals surface area contributed by atoms with E-state index < -0.39 is 11.9 Å². The van der Waals surface area contributed by atoms with Crippen molar-refractivity contribution in [2.24, 2.45) is 5.92 Å². The average molecular weight is 254 g/mol. The second-order valence-corrected chi connectivity index (χ2v) is 5.62. The summed E-state index contributed by atoms with van der Waals surface area (Å²) in [5.74, 6) is -1.25. The number of amides is 2. The van der Waals surface area contributed by atoms with E-state index in [-0.39, 0.29) is 11.6 Å². The third kappa shape index (κ3) is 3.24. The zero-order valence-electron chi connectivity index (χ0n) is 11.3. The van der Waals surface area contributed by atoms with Crippen molar-refractivity contribution in [3.05, 3.63) is 12.7 Å². The first-order valence-corrected chi connectivity index (χ1v) is 6.17. The molecule has 18 heavy (non-hydrogen) atoms. The molecule has 1 rings (SSSR count). The molecule has 1 fully saturated rings. The minimum Gasteiger partial charge on any atom is -0.481 e. The largest absolute Gasteiger partial charge is 0.481 e. The quantitative estimate of drug-likeness (QED) is 0.781. The molecule has 5 heteroatoms. The van der Waals surface area contributed by atoms with Gasteiger partial charge in [-0.05, 0) is 27.2 Å². The number of likely N-dealkylation sites (tertiary alicyclic amines) is 1. The summed E-state index contributed by atoms with van der Waals surface area (Å²) in [5, 5.41) is 8.95. The maximum Gasteiger partial charge on any atom is 0.320 e. The van der Waals surface area contributed by atoms with Crippen molar-refractivity contribution in [1.29, 1.82) is 0 Å². The van der Waals surface area contributed by atoms with Gasteiger partial charge in [0, 0.05) is 25.2 Å². The topological polar surface area (TPSA) is 60.9 Å². The highest BCUT2D eigenvalue weighted by atomic mass is 16.4. The molecule has 0 bridgehead atoms. The van der Waals surface area contributed by atoms with Crippen LogP contribution in [0.15, 0.2) is 12.7 Å². The molecule has 1 aliphatic heterocycles. The molecule has 1 saturated heterocycles. The maximum absolute atomic E-state index is 12.4. The van der Waals surface area contributed by atoms with Crippen molar-refractivity contribution >= 4 is 12.0 Å². The van der Waals surface area contributed by atoms with Crippen molar-refractivity contribution in [3.8, 4) is 0 Å². The summed E-state index contributed by atoms with van der Waals surface area (Å²) in [6.07, 6.45) is 2.22. The second kappa shape index (κ2) is 5.42. The predicted molar refractivity (Wildman–Crippen MR) is 69.4 cm³/mol. The summed E-state index contributed by atoms with van der Waals surface area (Å²) in [6, 6.07) is -0.105. The van der Waals surface area contributed by atoms with E-state index in [1.165, 1.54) is 0 Å². The van der Waals surface area contributed by atoms with Crippen molar-refractivity contribution in [1.82, 2.24) is 9.80 Å². The first-order chi connectivity index (χ1) is 8.27. The van der Waals surface area contributed by atoms with Crippen LogP contribution in [0.4, 0.5) is 4.79 Å². The number of hydrogen-bond acceptors (Lipinski definition) is 2. The smallest absolute Gasteiger partial charge is 0.320 e. The molecule has 1 heterocycles. The SMILES string of the molecule is C=CCN(C(=O)N1CCC(C(=O)O)C1)C(C)(C)C. The van der Waals surface area contributed by atoms with Crippen molar-refractivity contribution < 1.29 is 14.7 Å². The van der Waals surface area contributed by atoms with Gasteiger partial charge in [0.05, 0.1) is 5.92 Å². The van der Waals surface area contributed by atoms with Crippen LogP contribution in [0.2, 0.25) is 0 Å². The number of carbonyl (C=O) groups is 2. The Morgan fingerprint density at radius 2 is 2.11 bits per heavy atom. The molecule has 0 aromatic heterocycles. The van der Waals surface area contributed by atoms with Gasteiger partial charge in [-0.3, -0.25) is 4.79 Å². The highest BCUT2D eigenvalue weighted by Crippen LogP contribution is 2.21. The molecule has 1 aliphatic rings. The highest BCUT2D eigenvalue weighted by Gasteiger charge is 2.35. The molecule has 0 spiro atoms. The lowest BCUT2D eigenvalue weighted by Crippen LogP contribution is -2.51. The number of hydrogen-bond donors (Lipinski definition) is 1. The van der Waals surface area contributed by atoms with Crippen LogP contribution in [-0.4, -0.2) is 52.1 Å². The van der Waals surface area contributed by atoms with Crippen molar-refractivity contribution in [3.63, 3.8) is 0 Å². The Hall–Kier alpha value is -1.52. The molecule has 0 aromatic carbocycles. The van der Waals surface area contributed by atoms with Crippen LogP contribution in [0.1, 0.15) is 27.2 Å². The Morgan fingerprint density at radius 3 is 2.50 bits per heavy atom. The third-order valence-corrected chi connectivity index (χ3v) is 3.16. The van der Waals surface area contributed by atoms with Gasteiger partial charge in [-0.15, -0.1) is 6.58 Å². The number of carbonyl (C=O) groups excluding carboxylic acids is 1. The van der Waals surface area contributed by atoms with Gasteiger partial charge >= 0.3 is 12.0 Å². The maximum atomic E-state index is 12.4. The molecular formula is C13H22N2O3. The Bertz CT molecular complexity index is 347. The Kier molecular flexibility index (Phi) is 4.38. The fraction of sp³-hybridized carbons (Fsp3) is 0.692. The molecule has 1 atom stereocenters. The lowest BCUT2D eigenvalue weighted by Gasteiger charge is -2.37. The minimum absolute atomic E-state index is 0.105. The van der Waals surface area contributed by atoms with E-state index in [2.05, 4.69) is 6.58 Å². The molecule has 1 N–H and O–H groups in total. The van der Waals surface area contributed by atoms with Crippen molar-refractivity contribution in [2.75, 3.05) is 19.6 Å². The van der Waals surface area contributed by atoms with Gasteiger partial charge < -0.3 is 14.9 Å². The van der Waals surface area contributed by atoms with Gasteiger partial charge in [-0.2, -0.15) is 0 Å². The molecule has 2 amide bonds. The normalized spacial score (nSPS) is 19.7. The summed E-state index contributed by atoms with van der Waals surface area (Å²) < 4.78 is 0. The fourth-order valence-corrected chi connectivity index (χ4v) is 2.07. The van der Waals surface area contributed by atoms with Crippen LogP contribution in [0, 0.1) is 5.92 Å². The van der Waals surface area contributed by atoms with Crippen LogP contribution >= 0.6 is 0 Å². The van der Waals surface area contributed by atoms with Gasteiger partial charge in [-0.1, -0.05) is 6.08 Å². The molecule has 5 nitrogen and oxygen atoms in total. The number of urea groups is 1. The van der Waals surface area contributed by atoms with E-state index in [4.69, 9.17) is 5.11 Å². The van der Waals surface area contributed by atoms with E-state index in [0.717, 1.165) is 0 Å². The van der Waals surface area contributed by atoms with Gasteiger partial charge in [0.2, 0.25) is 0 Å². The third-order valence-electron chi connectivity index (χ3n) is 3.16. The van der Waals surface area contributed by atoms with Gasteiger partial charge in [0.25, 0.3) is 0 Å². The summed E-state index contributed by atoms with van der Waals surface area (Å²) in [4.78, 5) is 26.6. The van der Waals surface area contributed by atoms with Crippen LogP contribution in [0.25, 0.3) is 0 Å². The average Bonchev–Trinajstić information content (AvgIpc) is 2.72.